The Balaban J connectivity index is 0.00000153. The quantitative estimate of drug-likeness (QED) is 0.251. The molecule has 2 nitrogen and oxygen atoms in total. The van der Waals surface area contributed by atoms with Gasteiger partial charge in [-0.05, 0) is 61.2 Å². The van der Waals surface area contributed by atoms with E-state index in [1.165, 1.54) is 51.4 Å². The maximum atomic E-state index is 5.84. The predicted molar refractivity (Wildman–Crippen MR) is 162 cm³/mol. The molecular formula is C32H60Cl2N2Ti-2. The predicted octanol–water partition coefficient (Wildman–Crippen LogP) is 11.1. The van der Waals surface area contributed by atoms with Gasteiger partial charge in [-0.1, -0.05) is 119 Å². The second-order valence-corrected chi connectivity index (χ2v) is 17.1. The zero-order chi connectivity index (χ0) is 27.9. The molecule has 3 rings (SSSR count). The van der Waals surface area contributed by atoms with Crippen molar-refractivity contribution in [3.05, 3.63) is 10.6 Å². The van der Waals surface area contributed by atoms with Gasteiger partial charge in [0.1, 0.15) is 0 Å². The molecule has 3 aliphatic carbocycles. The molecule has 6 unspecified atom stereocenters. The molecule has 0 heterocycles. The monoisotopic (exact) mass is 590 g/mol. The first-order valence-corrected chi connectivity index (χ1v) is 20.1. The van der Waals surface area contributed by atoms with Gasteiger partial charge in [-0.15, -0.1) is 12.1 Å². The first-order chi connectivity index (χ1) is 17.4. The van der Waals surface area contributed by atoms with Crippen LogP contribution in [0.4, 0.5) is 0 Å². The minimum absolute atomic E-state index is 0.467. The molecule has 5 heteroatoms. The van der Waals surface area contributed by atoms with Crippen LogP contribution in [0.1, 0.15) is 121 Å². The molecule has 0 aromatic heterocycles. The number of halogens is 2. The third kappa shape index (κ3) is 9.92. The second kappa shape index (κ2) is 16.6. The number of hydrogen-bond acceptors (Lipinski definition) is 0. The van der Waals surface area contributed by atoms with Crippen LogP contribution in [-0.2, 0) is 17.0 Å². The summed E-state index contributed by atoms with van der Waals surface area (Å²) >= 11 is -0.556. The average Bonchev–Trinajstić information content (AvgIpc) is 2.81. The summed E-state index contributed by atoms with van der Waals surface area (Å²) in [5, 5.41) is 11.7. The minimum atomic E-state index is -0.556. The van der Waals surface area contributed by atoms with E-state index in [2.05, 4.69) is 69.2 Å². The van der Waals surface area contributed by atoms with Crippen LogP contribution in [0.25, 0.3) is 10.6 Å². The maximum absolute atomic E-state index is 5.84. The van der Waals surface area contributed by atoms with Crippen LogP contribution in [0.2, 0.25) is 0 Å². The fourth-order valence-electron chi connectivity index (χ4n) is 8.23. The molecule has 0 spiro atoms. The first kappa shape index (κ1) is 34.4. The van der Waals surface area contributed by atoms with Gasteiger partial charge >= 0.3 is 35.6 Å². The van der Waals surface area contributed by atoms with E-state index >= 15 is 0 Å². The molecule has 0 aliphatic heterocycles. The molecule has 0 amide bonds. The molecular weight excluding hydrogens is 531 g/mol. The molecule has 0 aromatic rings. The summed E-state index contributed by atoms with van der Waals surface area (Å²) < 4.78 is 0. The molecule has 0 saturated heterocycles. The van der Waals surface area contributed by atoms with Crippen molar-refractivity contribution >= 4 is 18.6 Å². The van der Waals surface area contributed by atoms with E-state index in [1.54, 1.807) is 0 Å². The third-order valence-corrected chi connectivity index (χ3v) is 10.3. The van der Waals surface area contributed by atoms with Gasteiger partial charge in [0.15, 0.2) is 0 Å². The van der Waals surface area contributed by atoms with Gasteiger partial charge in [0.05, 0.1) is 0 Å². The van der Waals surface area contributed by atoms with Gasteiger partial charge in [-0.3, -0.25) is 0 Å². The van der Waals surface area contributed by atoms with Crippen LogP contribution >= 0.6 is 18.6 Å². The van der Waals surface area contributed by atoms with E-state index in [-0.39, 0.29) is 0 Å². The van der Waals surface area contributed by atoms with Gasteiger partial charge in [-0.2, -0.15) is 12.1 Å². The Morgan fingerprint density at radius 2 is 0.784 bits per heavy atom. The second-order valence-electron chi connectivity index (χ2n) is 14.6. The fourth-order valence-corrected chi connectivity index (χ4v) is 8.23. The van der Waals surface area contributed by atoms with Crippen molar-refractivity contribution in [1.82, 2.24) is 0 Å². The SMILES string of the molecule is CC1CC(C(C)C)C([N-]C2CCCCC2[N-]C2C(C(C)C)CC(C)CC2C(C)C)C(C(C)C)C1.[Cl][Ti][Cl]. The van der Waals surface area contributed by atoms with Crippen LogP contribution in [0.15, 0.2) is 0 Å². The van der Waals surface area contributed by atoms with Crippen molar-refractivity contribution in [3.63, 3.8) is 0 Å². The molecule has 0 bridgehead atoms. The van der Waals surface area contributed by atoms with Gasteiger partial charge in [0.2, 0.25) is 0 Å². The standard InChI is InChI=1S/C32H60N2.2ClH.Ti/c1-19(2)25-15-23(9)16-26(20(3)4)31(25)33-29-13-11-12-14-30(29)34-32-27(21(5)6)17-24(10)18-28(32)22(7)8;;;/h19-32H,11-18H2,1-10H3;2*1H;/q-2;;;+2/p-2. The van der Waals surface area contributed by atoms with Crippen LogP contribution < -0.4 is 0 Å². The van der Waals surface area contributed by atoms with Crippen LogP contribution in [-0.4, -0.2) is 24.2 Å². The van der Waals surface area contributed by atoms with Gasteiger partial charge < -0.3 is 10.6 Å². The van der Waals surface area contributed by atoms with Crippen molar-refractivity contribution in [1.29, 1.82) is 0 Å². The van der Waals surface area contributed by atoms with Gasteiger partial charge in [-0.25, -0.2) is 0 Å². The van der Waals surface area contributed by atoms with Gasteiger partial charge in [0, 0.05) is 0 Å². The summed E-state index contributed by atoms with van der Waals surface area (Å²) in [5.41, 5.74) is 0. The van der Waals surface area contributed by atoms with E-state index in [1.807, 2.05) is 0 Å². The molecule has 37 heavy (non-hydrogen) atoms. The molecule has 0 N–H and O–H groups in total. The van der Waals surface area contributed by atoms with Crippen LogP contribution in [0.3, 0.4) is 0 Å². The summed E-state index contributed by atoms with van der Waals surface area (Å²) in [7, 11) is 9.78. The molecule has 3 saturated carbocycles. The zero-order valence-electron chi connectivity index (χ0n) is 25.9. The molecule has 218 valence electrons. The van der Waals surface area contributed by atoms with Crippen LogP contribution in [0.5, 0.6) is 0 Å². The van der Waals surface area contributed by atoms with E-state index < -0.39 is 17.0 Å². The van der Waals surface area contributed by atoms with Crippen molar-refractivity contribution in [2.24, 2.45) is 59.2 Å². The Bertz CT molecular complexity index is 540. The zero-order valence-corrected chi connectivity index (χ0v) is 29.0. The topological polar surface area (TPSA) is 28.2 Å². The summed E-state index contributed by atoms with van der Waals surface area (Å²) in [6, 6.07) is 2.03. The van der Waals surface area contributed by atoms with E-state index in [0.717, 1.165) is 59.2 Å². The normalized spacial score (nSPS) is 39.1. The van der Waals surface area contributed by atoms with Crippen molar-refractivity contribution in [2.75, 3.05) is 0 Å². The summed E-state index contributed by atoms with van der Waals surface area (Å²) in [4.78, 5) is 0. The molecule has 0 radical (unpaired) electrons. The summed E-state index contributed by atoms with van der Waals surface area (Å²) in [5.74, 6) is 7.62. The Kier molecular flexibility index (Phi) is 15.4. The first-order valence-electron chi connectivity index (χ1n) is 15.8. The Morgan fingerprint density at radius 3 is 1.00 bits per heavy atom. The number of rotatable bonds is 8. The molecule has 3 fully saturated rings. The molecule has 6 atom stereocenters. The number of hydrogen-bond donors (Lipinski definition) is 0. The Morgan fingerprint density at radius 1 is 0.541 bits per heavy atom. The molecule has 3 aliphatic rings. The fraction of sp³-hybridized carbons (Fsp3) is 1.00. The van der Waals surface area contributed by atoms with Crippen molar-refractivity contribution < 1.29 is 17.0 Å². The average molecular weight is 592 g/mol. The van der Waals surface area contributed by atoms with Crippen molar-refractivity contribution in [3.8, 4) is 0 Å². The van der Waals surface area contributed by atoms with E-state index in [4.69, 9.17) is 29.2 Å². The van der Waals surface area contributed by atoms with E-state index in [0.29, 0.717) is 24.2 Å². The Hall–Kier alpha value is 1.21. The summed E-state index contributed by atoms with van der Waals surface area (Å²) in [6.45, 7) is 24.6. The Labute approximate surface area is 249 Å². The summed E-state index contributed by atoms with van der Waals surface area (Å²) in [6.07, 6.45) is 10.7. The number of nitrogens with zero attached hydrogens (tertiary/aromatic N) is 2. The van der Waals surface area contributed by atoms with Gasteiger partial charge in [0.25, 0.3) is 0 Å². The third-order valence-electron chi connectivity index (χ3n) is 10.3. The van der Waals surface area contributed by atoms with Crippen molar-refractivity contribution in [2.45, 2.75) is 145 Å². The van der Waals surface area contributed by atoms with E-state index in [9.17, 15) is 0 Å². The molecule has 0 aromatic carbocycles. The van der Waals surface area contributed by atoms with Crippen LogP contribution in [0, 0.1) is 59.2 Å².